The van der Waals surface area contributed by atoms with Crippen molar-refractivity contribution >= 4 is 46.2 Å². The van der Waals surface area contributed by atoms with E-state index in [1.165, 1.54) is 16.7 Å². The number of thioether (sulfide) groups is 1. The smallest absolute Gasteiger partial charge is 0.266 e. The number of carbonyl (C=O) groups excluding carboxylic acids is 2. The third-order valence-corrected chi connectivity index (χ3v) is 3.66. The number of rotatable bonds is 3. The largest absolute Gasteiger partial charge is 0.368 e. The van der Waals surface area contributed by atoms with E-state index >= 15 is 0 Å². The Kier molecular flexibility index (Phi) is 3.78. The van der Waals surface area contributed by atoms with Crippen LogP contribution in [0.3, 0.4) is 0 Å². The number of amides is 2. The molecule has 1 fully saturated rings. The van der Waals surface area contributed by atoms with Crippen molar-refractivity contribution in [2.75, 3.05) is 6.54 Å². The second-order valence-electron chi connectivity index (χ2n) is 3.64. The van der Waals surface area contributed by atoms with E-state index in [1.807, 2.05) is 30.3 Å². The molecule has 6 heteroatoms. The number of hydrogen-bond donors (Lipinski definition) is 1. The molecule has 92 valence electrons. The van der Waals surface area contributed by atoms with Gasteiger partial charge in [0.25, 0.3) is 5.91 Å². The predicted molar refractivity (Wildman–Crippen MR) is 75.5 cm³/mol. The summed E-state index contributed by atoms with van der Waals surface area (Å²) in [6.07, 6.45) is 1.75. The molecule has 0 atom stereocenters. The van der Waals surface area contributed by atoms with Gasteiger partial charge in [0.2, 0.25) is 5.91 Å². The van der Waals surface area contributed by atoms with Gasteiger partial charge in [-0.3, -0.25) is 14.5 Å². The first-order valence-corrected chi connectivity index (χ1v) is 6.39. The van der Waals surface area contributed by atoms with Crippen LogP contribution in [0.25, 0.3) is 6.08 Å². The second kappa shape index (κ2) is 5.32. The molecule has 4 nitrogen and oxygen atoms in total. The number of thiocarbonyl (C=S) groups is 1. The zero-order valence-corrected chi connectivity index (χ0v) is 11.0. The van der Waals surface area contributed by atoms with Crippen molar-refractivity contribution in [3.8, 4) is 0 Å². The summed E-state index contributed by atoms with van der Waals surface area (Å²) in [5.41, 5.74) is 5.99. The molecular formula is C12H10N2O2S2. The third kappa shape index (κ3) is 2.77. The first-order valence-electron chi connectivity index (χ1n) is 5.16. The van der Waals surface area contributed by atoms with Crippen molar-refractivity contribution in [2.45, 2.75) is 0 Å². The highest BCUT2D eigenvalue weighted by Gasteiger charge is 2.32. The Morgan fingerprint density at radius 1 is 1.39 bits per heavy atom. The molecule has 0 saturated carbocycles. The van der Waals surface area contributed by atoms with E-state index in [1.54, 1.807) is 6.08 Å². The fraction of sp³-hybridized carbons (Fsp3) is 0.0833. The van der Waals surface area contributed by atoms with Crippen LogP contribution in [-0.4, -0.2) is 27.6 Å². The highest BCUT2D eigenvalue weighted by atomic mass is 32.2. The van der Waals surface area contributed by atoms with Gasteiger partial charge in [0.15, 0.2) is 0 Å². The summed E-state index contributed by atoms with van der Waals surface area (Å²) in [7, 11) is 0. The highest BCUT2D eigenvalue weighted by molar-refractivity contribution is 8.26. The molecule has 2 amide bonds. The predicted octanol–water partition coefficient (Wildman–Crippen LogP) is 1.37. The topological polar surface area (TPSA) is 63.4 Å². The Hall–Kier alpha value is -1.66. The maximum absolute atomic E-state index is 12.0. The van der Waals surface area contributed by atoms with Crippen LogP contribution >= 0.6 is 24.0 Å². The van der Waals surface area contributed by atoms with Crippen LogP contribution in [-0.2, 0) is 9.59 Å². The number of hydrogen-bond acceptors (Lipinski definition) is 4. The van der Waals surface area contributed by atoms with Crippen LogP contribution in [0.15, 0.2) is 35.2 Å². The third-order valence-electron chi connectivity index (χ3n) is 2.28. The molecule has 2 rings (SSSR count). The minimum absolute atomic E-state index is 0.170. The minimum atomic E-state index is -0.577. The van der Waals surface area contributed by atoms with Crippen molar-refractivity contribution in [1.82, 2.24) is 4.90 Å². The molecule has 0 aromatic heterocycles. The zero-order valence-electron chi connectivity index (χ0n) is 9.33. The normalized spacial score (nSPS) is 17.6. The van der Waals surface area contributed by atoms with Crippen molar-refractivity contribution < 1.29 is 9.59 Å². The lowest BCUT2D eigenvalue weighted by Crippen LogP contribution is -2.36. The van der Waals surface area contributed by atoms with E-state index in [0.29, 0.717) is 9.23 Å². The van der Waals surface area contributed by atoms with Gasteiger partial charge in [-0.25, -0.2) is 0 Å². The molecule has 0 aliphatic carbocycles. The molecule has 1 aromatic carbocycles. The van der Waals surface area contributed by atoms with E-state index in [2.05, 4.69) is 0 Å². The van der Waals surface area contributed by atoms with Crippen LogP contribution in [0.5, 0.6) is 0 Å². The van der Waals surface area contributed by atoms with Crippen molar-refractivity contribution in [3.05, 3.63) is 40.8 Å². The lowest BCUT2D eigenvalue weighted by molar-refractivity contribution is -0.127. The average molecular weight is 278 g/mol. The fourth-order valence-electron chi connectivity index (χ4n) is 1.49. The first kappa shape index (κ1) is 12.8. The van der Waals surface area contributed by atoms with E-state index in [4.69, 9.17) is 18.0 Å². The van der Waals surface area contributed by atoms with Crippen LogP contribution in [0.4, 0.5) is 0 Å². The molecule has 1 aliphatic heterocycles. The Balaban J connectivity index is 2.23. The second-order valence-corrected chi connectivity index (χ2v) is 5.32. The molecule has 1 heterocycles. The molecule has 0 bridgehead atoms. The van der Waals surface area contributed by atoms with Crippen LogP contribution in [0.1, 0.15) is 5.56 Å². The molecule has 2 N–H and O–H groups in total. The summed E-state index contributed by atoms with van der Waals surface area (Å²) in [5.74, 6) is -0.847. The van der Waals surface area contributed by atoms with Gasteiger partial charge in [0.1, 0.15) is 10.9 Å². The number of nitrogens with zero attached hydrogens (tertiary/aromatic N) is 1. The summed E-state index contributed by atoms with van der Waals surface area (Å²) in [5, 5.41) is 0. The van der Waals surface area contributed by atoms with E-state index in [-0.39, 0.29) is 12.5 Å². The summed E-state index contributed by atoms with van der Waals surface area (Å²) in [4.78, 5) is 24.6. The molecule has 1 aromatic rings. The monoisotopic (exact) mass is 278 g/mol. The molecule has 0 spiro atoms. The van der Waals surface area contributed by atoms with Gasteiger partial charge in [-0.2, -0.15) is 0 Å². The van der Waals surface area contributed by atoms with Crippen molar-refractivity contribution in [1.29, 1.82) is 0 Å². The highest BCUT2D eigenvalue weighted by Crippen LogP contribution is 2.32. The molecule has 1 saturated heterocycles. The standard InChI is InChI=1S/C12H10N2O2S2/c13-10(15)7-14-11(16)9(18-12(14)17)6-8-4-2-1-3-5-8/h1-6H,7H2,(H2,13,15). The molecule has 0 unspecified atom stereocenters. The van der Waals surface area contributed by atoms with Gasteiger partial charge in [0.05, 0.1) is 4.91 Å². The van der Waals surface area contributed by atoms with Gasteiger partial charge >= 0.3 is 0 Å². The number of primary amides is 1. The molecule has 0 radical (unpaired) electrons. The number of nitrogens with two attached hydrogens (primary N) is 1. The molecule has 18 heavy (non-hydrogen) atoms. The summed E-state index contributed by atoms with van der Waals surface area (Å²) >= 11 is 6.23. The first-order chi connectivity index (χ1) is 8.58. The number of carbonyl (C=O) groups is 2. The maximum atomic E-state index is 12.0. The average Bonchev–Trinajstić information content (AvgIpc) is 2.58. The Bertz CT molecular complexity index is 540. The quantitative estimate of drug-likeness (QED) is 0.670. The Morgan fingerprint density at radius 3 is 2.67 bits per heavy atom. The Morgan fingerprint density at radius 2 is 2.06 bits per heavy atom. The van der Waals surface area contributed by atoms with Gasteiger partial charge in [0, 0.05) is 0 Å². The van der Waals surface area contributed by atoms with E-state index in [0.717, 1.165) is 5.56 Å². The lowest BCUT2D eigenvalue weighted by Gasteiger charge is -2.10. The van der Waals surface area contributed by atoms with Crippen LogP contribution in [0, 0.1) is 0 Å². The van der Waals surface area contributed by atoms with Crippen molar-refractivity contribution in [2.24, 2.45) is 5.73 Å². The van der Waals surface area contributed by atoms with E-state index < -0.39 is 5.91 Å². The fourth-order valence-corrected chi connectivity index (χ4v) is 2.75. The summed E-state index contributed by atoms with van der Waals surface area (Å²) < 4.78 is 0.362. The summed E-state index contributed by atoms with van der Waals surface area (Å²) in [6, 6.07) is 9.45. The number of benzene rings is 1. The van der Waals surface area contributed by atoms with E-state index in [9.17, 15) is 9.59 Å². The van der Waals surface area contributed by atoms with Crippen molar-refractivity contribution in [3.63, 3.8) is 0 Å². The molecule has 1 aliphatic rings. The zero-order chi connectivity index (χ0) is 13.1. The van der Waals surface area contributed by atoms with Crippen LogP contribution in [0.2, 0.25) is 0 Å². The van der Waals surface area contributed by atoms with Gasteiger partial charge in [-0.15, -0.1) is 0 Å². The SMILES string of the molecule is NC(=O)CN1C(=O)C(=Cc2ccccc2)SC1=S. The summed E-state index contributed by atoms with van der Waals surface area (Å²) in [6.45, 7) is -0.170. The maximum Gasteiger partial charge on any atom is 0.266 e. The lowest BCUT2D eigenvalue weighted by atomic mass is 10.2. The van der Waals surface area contributed by atoms with Crippen LogP contribution < -0.4 is 5.73 Å². The van der Waals surface area contributed by atoms with Gasteiger partial charge in [-0.05, 0) is 11.6 Å². The van der Waals surface area contributed by atoms with Gasteiger partial charge < -0.3 is 5.73 Å². The van der Waals surface area contributed by atoms with Gasteiger partial charge in [-0.1, -0.05) is 54.3 Å². The Labute approximate surface area is 114 Å². The minimum Gasteiger partial charge on any atom is -0.368 e. The molecular weight excluding hydrogens is 268 g/mol.